The van der Waals surface area contributed by atoms with E-state index in [0.717, 1.165) is 47.5 Å². The predicted molar refractivity (Wildman–Crippen MR) is 140 cm³/mol. The van der Waals surface area contributed by atoms with Gasteiger partial charge in [-0.25, -0.2) is 9.97 Å². The average Bonchev–Trinajstić information content (AvgIpc) is 3.20. The molecule has 0 aliphatic heterocycles. The number of carbonyl (C=O) groups excluding carboxylic acids is 1. The Kier molecular flexibility index (Phi) is 8.78. The number of nitrogens with one attached hydrogen (secondary N) is 2. The number of hydrogen-bond acceptors (Lipinski definition) is 9. The van der Waals surface area contributed by atoms with E-state index in [0.29, 0.717) is 23.6 Å². The van der Waals surface area contributed by atoms with E-state index in [4.69, 9.17) is 15.9 Å². The minimum absolute atomic E-state index is 0.520. The molecule has 0 bridgehead atoms. The van der Waals surface area contributed by atoms with Crippen LogP contribution in [0.15, 0.2) is 18.5 Å². The number of carbonyl (C=O) groups is 1. The molecule has 1 aromatic carbocycles. The first-order valence-electron chi connectivity index (χ1n) is 11.2. The maximum Gasteiger partial charge on any atom is 0.209 e. The highest BCUT2D eigenvalue weighted by Gasteiger charge is 2.21. The molecule has 0 radical (unpaired) electrons. The van der Waals surface area contributed by atoms with Gasteiger partial charge in [0.05, 0.1) is 11.1 Å². The minimum atomic E-state index is 0.520. The van der Waals surface area contributed by atoms with Crippen molar-refractivity contribution in [1.29, 1.82) is 5.41 Å². The number of nitrogen functional groups attached to an aromatic ring is 1. The van der Waals surface area contributed by atoms with E-state index in [-0.39, 0.29) is 0 Å². The molecule has 9 nitrogen and oxygen atoms in total. The first-order valence-corrected chi connectivity index (χ1v) is 12.0. The lowest BCUT2D eigenvalue weighted by molar-refractivity contribution is -0.115. The zero-order valence-electron chi connectivity index (χ0n) is 20.2. The highest BCUT2D eigenvalue weighted by atomic mass is 32.1. The molecular weight excluding hydrogens is 450 g/mol. The quantitative estimate of drug-likeness (QED) is 0.255. The maximum atomic E-state index is 9.43. The van der Waals surface area contributed by atoms with Crippen LogP contribution < -0.4 is 15.8 Å². The number of amides is 1. The molecule has 4 N–H and O–H groups in total. The van der Waals surface area contributed by atoms with Gasteiger partial charge in [-0.1, -0.05) is 0 Å². The van der Waals surface area contributed by atoms with E-state index in [1.807, 2.05) is 20.2 Å². The first-order chi connectivity index (χ1) is 16.3. The van der Waals surface area contributed by atoms with Crippen LogP contribution in [0.25, 0.3) is 10.2 Å². The molecular formula is C24H33N7O2S. The normalized spacial score (nSPS) is 12.5. The zero-order valence-corrected chi connectivity index (χ0v) is 21.0. The SMILES string of the molecule is CN(C)C=O.CN(C)CCOc1cc(N)c(C=N)cc1Nc1ncnc2sc3c(c12)CCCC3. The Morgan fingerprint density at radius 1 is 1.21 bits per heavy atom. The zero-order chi connectivity index (χ0) is 24.7. The highest BCUT2D eigenvalue weighted by molar-refractivity contribution is 7.19. The van der Waals surface area contributed by atoms with Gasteiger partial charge in [0, 0.05) is 49.0 Å². The van der Waals surface area contributed by atoms with Gasteiger partial charge in [0.2, 0.25) is 6.41 Å². The maximum absolute atomic E-state index is 9.43. The van der Waals surface area contributed by atoms with Crippen molar-refractivity contribution in [3.63, 3.8) is 0 Å². The lowest BCUT2D eigenvalue weighted by Gasteiger charge is -2.17. The van der Waals surface area contributed by atoms with Crippen LogP contribution in [-0.2, 0) is 17.6 Å². The lowest BCUT2D eigenvalue weighted by atomic mass is 9.97. The Hall–Kier alpha value is -3.24. The second kappa shape index (κ2) is 11.8. The number of aromatic nitrogens is 2. The van der Waals surface area contributed by atoms with Crippen molar-refractivity contribution in [2.75, 3.05) is 52.4 Å². The van der Waals surface area contributed by atoms with E-state index >= 15 is 0 Å². The van der Waals surface area contributed by atoms with E-state index in [2.05, 4.69) is 20.2 Å². The van der Waals surface area contributed by atoms with Crippen LogP contribution in [0.3, 0.4) is 0 Å². The molecule has 2 heterocycles. The van der Waals surface area contributed by atoms with Crippen LogP contribution >= 0.6 is 11.3 Å². The number of hydrogen-bond donors (Lipinski definition) is 3. The van der Waals surface area contributed by atoms with E-state index in [1.54, 1.807) is 37.8 Å². The molecule has 4 rings (SSSR count). The summed E-state index contributed by atoms with van der Waals surface area (Å²) in [6.45, 7) is 1.33. The fourth-order valence-corrected chi connectivity index (χ4v) is 4.83. The summed E-state index contributed by atoms with van der Waals surface area (Å²) in [5, 5.41) is 12.2. The summed E-state index contributed by atoms with van der Waals surface area (Å²) in [5.41, 5.74) is 9.39. The monoisotopic (exact) mass is 483 g/mol. The number of nitrogens with two attached hydrogens (primary N) is 1. The molecule has 0 fully saturated rings. The third-order valence-electron chi connectivity index (χ3n) is 5.35. The molecule has 34 heavy (non-hydrogen) atoms. The van der Waals surface area contributed by atoms with Gasteiger partial charge >= 0.3 is 0 Å². The summed E-state index contributed by atoms with van der Waals surface area (Å²) in [7, 11) is 7.39. The Morgan fingerprint density at radius 2 is 1.94 bits per heavy atom. The van der Waals surface area contributed by atoms with Crippen molar-refractivity contribution < 1.29 is 9.53 Å². The van der Waals surface area contributed by atoms with Crippen LogP contribution in [0.5, 0.6) is 5.75 Å². The van der Waals surface area contributed by atoms with Crippen molar-refractivity contribution in [3.05, 3.63) is 34.5 Å². The Labute approximate surface area is 204 Å². The van der Waals surface area contributed by atoms with Crippen molar-refractivity contribution in [3.8, 4) is 5.75 Å². The molecule has 1 aliphatic carbocycles. The summed E-state index contributed by atoms with van der Waals surface area (Å²) in [6, 6.07) is 3.62. The van der Waals surface area contributed by atoms with Gasteiger partial charge in [0.15, 0.2) is 0 Å². The number of fused-ring (bicyclic) bond motifs is 3. The summed E-state index contributed by atoms with van der Waals surface area (Å²) < 4.78 is 6.01. The number of likely N-dealkylation sites (N-methyl/N-ethyl adjacent to an activating group) is 1. The smallest absolute Gasteiger partial charge is 0.209 e. The fraction of sp³-hybridized carbons (Fsp3) is 0.417. The Balaban J connectivity index is 0.000000588. The molecule has 0 unspecified atom stereocenters. The molecule has 10 heteroatoms. The number of nitrogens with zero attached hydrogens (tertiary/aromatic N) is 4. The number of benzene rings is 1. The molecule has 0 saturated carbocycles. The van der Waals surface area contributed by atoms with Gasteiger partial charge in [-0.15, -0.1) is 11.3 Å². The van der Waals surface area contributed by atoms with Crippen molar-refractivity contribution >= 4 is 51.4 Å². The van der Waals surface area contributed by atoms with Crippen molar-refractivity contribution in [1.82, 2.24) is 19.8 Å². The number of anilines is 3. The average molecular weight is 484 g/mol. The van der Waals surface area contributed by atoms with Crippen LogP contribution in [0.4, 0.5) is 17.2 Å². The molecule has 0 saturated heterocycles. The van der Waals surface area contributed by atoms with Gasteiger partial charge in [-0.05, 0) is 51.4 Å². The summed E-state index contributed by atoms with van der Waals surface area (Å²) in [5.74, 6) is 1.44. The van der Waals surface area contributed by atoms with Crippen LogP contribution in [-0.4, -0.2) is 73.7 Å². The van der Waals surface area contributed by atoms with E-state index < -0.39 is 0 Å². The second-order valence-corrected chi connectivity index (χ2v) is 9.66. The third kappa shape index (κ3) is 6.21. The van der Waals surface area contributed by atoms with Crippen LogP contribution in [0.1, 0.15) is 28.8 Å². The molecule has 182 valence electrons. The van der Waals surface area contributed by atoms with Gasteiger partial charge in [0.1, 0.15) is 29.3 Å². The van der Waals surface area contributed by atoms with Crippen LogP contribution in [0, 0.1) is 5.41 Å². The van der Waals surface area contributed by atoms with E-state index in [9.17, 15) is 4.79 Å². The van der Waals surface area contributed by atoms with E-state index in [1.165, 1.54) is 34.4 Å². The second-order valence-electron chi connectivity index (χ2n) is 8.58. The van der Waals surface area contributed by atoms with Gasteiger partial charge in [0.25, 0.3) is 0 Å². The number of rotatable bonds is 8. The molecule has 1 aliphatic rings. The summed E-state index contributed by atoms with van der Waals surface area (Å²) >= 11 is 1.77. The standard InChI is InChI=1S/C21H26N6OS.C3H7NO/c1-27(2)7-8-28-17-10-15(23)13(11-22)9-16(17)26-20-19-14-5-3-4-6-18(14)29-21(19)25-12-24-20;1-4(2)3-5/h9-12,22H,3-8,23H2,1-2H3,(H,24,25,26);3H,1-2H3. The molecule has 2 aromatic heterocycles. The Morgan fingerprint density at radius 3 is 2.62 bits per heavy atom. The van der Waals surface area contributed by atoms with Gasteiger partial charge in [-0.3, -0.25) is 4.79 Å². The summed E-state index contributed by atoms with van der Waals surface area (Å²) in [6.07, 6.45) is 8.23. The number of aryl methyl sites for hydroxylation is 2. The third-order valence-corrected chi connectivity index (χ3v) is 6.55. The molecule has 1 amide bonds. The van der Waals surface area contributed by atoms with Crippen molar-refractivity contribution in [2.45, 2.75) is 25.7 Å². The largest absolute Gasteiger partial charge is 0.490 e. The van der Waals surface area contributed by atoms with Crippen molar-refractivity contribution in [2.24, 2.45) is 0 Å². The first kappa shape index (κ1) is 25.4. The van der Waals surface area contributed by atoms with Gasteiger partial charge < -0.3 is 31.0 Å². The molecule has 0 atom stereocenters. The topological polar surface area (TPSA) is 120 Å². The lowest BCUT2D eigenvalue weighted by Crippen LogP contribution is -2.19. The molecule has 0 spiro atoms. The Bertz CT molecular complexity index is 1140. The molecule has 3 aromatic rings. The fourth-order valence-electron chi connectivity index (χ4n) is 3.61. The van der Waals surface area contributed by atoms with Gasteiger partial charge in [-0.2, -0.15) is 0 Å². The van der Waals surface area contributed by atoms with Crippen LogP contribution in [0.2, 0.25) is 0 Å². The predicted octanol–water partition coefficient (Wildman–Crippen LogP) is 3.54. The number of ether oxygens (including phenoxy) is 1. The highest BCUT2D eigenvalue weighted by Crippen LogP contribution is 2.40. The minimum Gasteiger partial charge on any atom is -0.490 e. The number of thiophene rings is 1. The summed E-state index contributed by atoms with van der Waals surface area (Å²) in [4.78, 5) is 24.4.